The molecule has 0 amide bonds. The Kier molecular flexibility index (Phi) is 6.93. The smallest absolute Gasteiger partial charge is 0.339 e. The molecule has 140 valence electrons. The SMILES string of the molecule is CN1CCN(C(=S)SCCCCOc2cc(=O)oc3ccccc23)CC1. The van der Waals surface area contributed by atoms with Crippen LogP contribution in [0.5, 0.6) is 5.75 Å². The molecule has 0 N–H and O–H groups in total. The Morgan fingerprint density at radius 1 is 1.23 bits per heavy atom. The maximum absolute atomic E-state index is 11.6. The summed E-state index contributed by atoms with van der Waals surface area (Å²) in [4.78, 5) is 16.2. The number of rotatable bonds is 6. The molecule has 2 aromatic rings. The minimum Gasteiger partial charge on any atom is -0.493 e. The lowest BCUT2D eigenvalue weighted by molar-refractivity contribution is 0.220. The van der Waals surface area contributed by atoms with E-state index in [4.69, 9.17) is 21.4 Å². The zero-order valence-electron chi connectivity index (χ0n) is 15.0. The number of unbranched alkanes of at least 4 members (excludes halogenated alkanes) is 1. The van der Waals surface area contributed by atoms with Crippen LogP contribution >= 0.6 is 24.0 Å². The quantitative estimate of drug-likeness (QED) is 0.425. The Morgan fingerprint density at radius 3 is 2.81 bits per heavy atom. The third-order valence-electron chi connectivity index (χ3n) is 4.40. The lowest BCUT2D eigenvalue weighted by Gasteiger charge is -2.33. The second-order valence-electron chi connectivity index (χ2n) is 6.39. The summed E-state index contributed by atoms with van der Waals surface area (Å²) in [5.41, 5.74) is 0.176. The number of thioether (sulfide) groups is 1. The highest BCUT2D eigenvalue weighted by atomic mass is 32.2. The van der Waals surface area contributed by atoms with Gasteiger partial charge in [0.1, 0.15) is 15.7 Å². The second-order valence-corrected chi connectivity index (χ2v) is 8.11. The first-order valence-electron chi connectivity index (χ1n) is 8.89. The monoisotopic (exact) mass is 392 g/mol. The first-order chi connectivity index (χ1) is 12.6. The van der Waals surface area contributed by atoms with Crippen LogP contribution < -0.4 is 10.4 Å². The number of likely N-dealkylation sites (N-methyl/N-ethyl adjacent to an activating group) is 1. The van der Waals surface area contributed by atoms with Crippen LogP contribution in [-0.2, 0) is 0 Å². The van der Waals surface area contributed by atoms with Gasteiger partial charge in [-0.25, -0.2) is 4.79 Å². The first-order valence-corrected chi connectivity index (χ1v) is 10.3. The van der Waals surface area contributed by atoms with E-state index in [1.807, 2.05) is 18.2 Å². The van der Waals surface area contributed by atoms with Gasteiger partial charge in [0, 0.05) is 31.9 Å². The maximum atomic E-state index is 11.6. The van der Waals surface area contributed by atoms with Crippen molar-refractivity contribution < 1.29 is 9.15 Å². The molecule has 0 bridgehead atoms. The van der Waals surface area contributed by atoms with E-state index in [0.29, 0.717) is 17.9 Å². The molecule has 0 atom stereocenters. The number of thiocarbonyl (C=S) groups is 1. The number of hydrogen-bond acceptors (Lipinski definition) is 6. The van der Waals surface area contributed by atoms with Gasteiger partial charge in [-0.05, 0) is 32.0 Å². The van der Waals surface area contributed by atoms with E-state index in [0.717, 1.165) is 54.5 Å². The molecular weight excluding hydrogens is 368 g/mol. The molecule has 2 heterocycles. The van der Waals surface area contributed by atoms with Crippen molar-refractivity contribution in [2.45, 2.75) is 12.8 Å². The summed E-state index contributed by atoms with van der Waals surface area (Å²) in [6.45, 7) is 4.78. The van der Waals surface area contributed by atoms with Crippen molar-refractivity contribution in [1.82, 2.24) is 9.80 Å². The molecule has 1 fully saturated rings. The molecule has 1 aromatic heterocycles. The Balaban J connectivity index is 1.38. The fourth-order valence-electron chi connectivity index (χ4n) is 2.83. The lowest BCUT2D eigenvalue weighted by Crippen LogP contribution is -2.45. The molecule has 1 aliphatic rings. The number of nitrogens with zero attached hydrogens (tertiary/aromatic N) is 2. The molecule has 1 saturated heterocycles. The van der Waals surface area contributed by atoms with E-state index in [1.54, 1.807) is 17.8 Å². The number of hydrogen-bond donors (Lipinski definition) is 0. The predicted octanol–water partition coefficient (Wildman–Crippen LogP) is 3.22. The number of fused-ring (bicyclic) bond motifs is 1. The fraction of sp³-hybridized carbons (Fsp3) is 0.474. The summed E-state index contributed by atoms with van der Waals surface area (Å²) in [5, 5.41) is 0.831. The van der Waals surface area contributed by atoms with Gasteiger partial charge in [-0.15, -0.1) is 0 Å². The minimum absolute atomic E-state index is 0.383. The number of ether oxygens (including phenoxy) is 1. The largest absolute Gasteiger partial charge is 0.493 e. The normalized spacial score (nSPS) is 15.3. The molecule has 0 radical (unpaired) electrons. The van der Waals surface area contributed by atoms with Crippen LogP contribution in [0, 0.1) is 0 Å². The molecule has 3 rings (SSSR count). The summed E-state index contributed by atoms with van der Waals surface area (Å²) in [6.07, 6.45) is 1.95. The third kappa shape index (κ3) is 5.22. The van der Waals surface area contributed by atoms with E-state index < -0.39 is 0 Å². The van der Waals surface area contributed by atoms with E-state index in [2.05, 4.69) is 16.8 Å². The van der Waals surface area contributed by atoms with Crippen LogP contribution in [0.4, 0.5) is 0 Å². The standard InChI is InChI=1S/C19H24N2O3S2/c1-20-8-10-21(11-9-20)19(25)26-13-5-4-12-23-17-14-18(22)24-16-7-3-2-6-15(16)17/h2-3,6-7,14H,4-5,8-13H2,1H3. The van der Waals surface area contributed by atoms with E-state index in [1.165, 1.54) is 6.07 Å². The summed E-state index contributed by atoms with van der Waals surface area (Å²) in [6, 6.07) is 8.84. The van der Waals surface area contributed by atoms with Gasteiger partial charge < -0.3 is 19.0 Å². The Hall–Kier alpha value is -1.57. The van der Waals surface area contributed by atoms with Crippen LogP contribution in [0.15, 0.2) is 39.5 Å². The Morgan fingerprint density at radius 2 is 2.00 bits per heavy atom. The molecular formula is C19H24N2O3S2. The van der Waals surface area contributed by atoms with Crippen LogP contribution in [0.3, 0.4) is 0 Å². The average molecular weight is 393 g/mol. The third-order valence-corrected chi connectivity index (χ3v) is 6.00. The Bertz CT molecular complexity index is 801. The highest BCUT2D eigenvalue weighted by Gasteiger charge is 2.16. The van der Waals surface area contributed by atoms with Gasteiger partial charge in [-0.1, -0.05) is 36.1 Å². The molecule has 0 spiro atoms. The van der Waals surface area contributed by atoms with Crippen LogP contribution in [0.1, 0.15) is 12.8 Å². The second kappa shape index (κ2) is 9.39. The zero-order chi connectivity index (χ0) is 18.4. The van der Waals surface area contributed by atoms with Gasteiger partial charge >= 0.3 is 5.63 Å². The van der Waals surface area contributed by atoms with E-state index in [-0.39, 0.29) is 5.63 Å². The predicted molar refractivity (Wildman–Crippen MR) is 111 cm³/mol. The van der Waals surface area contributed by atoms with Gasteiger partial charge in [0.25, 0.3) is 0 Å². The molecule has 0 unspecified atom stereocenters. The van der Waals surface area contributed by atoms with E-state index >= 15 is 0 Å². The molecule has 7 heteroatoms. The van der Waals surface area contributed by atoms with Crippen molar-refractivity contribution in [3.05, 3.63) is 40.8 Å². The summed E-state index contributed by atoms with van der Waals surface area (Å²) in [5.74, 6) is 1.59. The topological polar surface area (TPSA) is 45.9 Å². The minimum atomic E-state index is -0.383. The first kappa shape index (κ1) is 19.2. The Labute approximate surface area is 163 Å². The number of benzene rings is 1. The molecule has 5 nitrogen and oxygen atoms in total. The number of piperazine rings is 1. The van der Waals surface area contributed by atoms with Crippen LogP contribution in [-0.4, -0.2) is 59.7 Å². The molecule has 0 saturated carbocycles. The molecule has 26 heavy (non-hydrogen) atoms. The summed E-state index contributed by atoms with van der Waals surface area (Å²) in [7, 11) is 2.15. The highest BCUT2D eigenvalue weighted by molar-refractivity contribution is 8.22. The molecule has 1 aliphatic heterocycles. The lowest BCUT2D eigenvalue weighted by atomic mass is 10.2. The van der Waals surface area contributed by atoms with Gasteiger partial charge in [0.2, 0.25) is 0 Å². The highest BCUT2D eigenvalue weighted by Crippen LogP contribution is 2.23. The summed E-state index contributed by atoms with van der Waals surface area (Å²) < 4.78 is 12.0. The van der Waals surface area contributed by atoms with Gasteiger partial charge in [0.15, 0.2) is 0 Å². The maximum Gasteiger partial charge on any atom is 0.339 e. The van der Waals surface area contributed by atoms with E-state index in [9.17, 15) is 4.79 Å². The van der Waals surface area contributed by atoms with Crippen molar-refractivity contribution >= 4 is 39.3 Å². The van der Waals surface area contributed by atoms with Crippen molar-refractivity contribution in [1.29, 1.82) is 0 Å². The van der Waals surface area contributed by atoms with Crippen molar-refractivity contribution in [3.8, 4) is 5.75 Å². The van der Waals surface area contributed by atoms with Crippen molar-refractivity contribution in [3.63, 3.8) is 0 Å². The van der Waals surface area contributed by atoms with Gasteiger partial charge in [-0.3, -0.25) is 0 Å². The van der Waals surface area contributed by atoms with Gasteiger partial charge in [0.05, 0.1) is 18.1 Å². The van der Waals surface area contributed by atoms with Gasteiger partial charge in [-0.2, -0.15) is 0 Å². The molecule has 1 aromatic carbocycles. The van der Waals surface area contributed by atoms with Crippen LogP contribution in [0.25, 0.3) is 11.0 Å². The number of para-hydroxylation sites is 1. The van der Waals surface area contributed by atoms with Crippen LogP contribution in [0.2, 0.25) is 0 Å². The molecule has 0 aliphatic carbocycles. The fourth-order valence-corrected chi connectivity index (χ4v) is 4.15. The zero-order valence-corrected chi connectivity index (χ0v) is 16.6. The van der Waals surface area contributed by atoms with Crippen molar-refractivity contribution in [2.24, 2.45) is 0 Å². The summed E-state index contributed by atoms with van der Waals surface area (Å²) >= 11 is 7.28. The average Bonchev–Trinajstić information content (AvgIpc) is 2.64. The van der Waals surface area contributed by atoms with Crippen molar-refractivity contribution in [2.75, 3.05) is 45.6 Å².